The van der Waals surface area contributed by atoms with Crippen LogP contribution >= 0.6 is 0 Å². The second-order valence-corrected chi connectivity index (χ2v) is 8.62. The summed E-state index contributed by atoms with van der Waals surface area (Å²) in [6, 6.07) is 16.6. The number of fused-ring (bicyclic) bond motifs is 1. The molecule has 0 saturated heterocycles. The predicted molar refractivity (Wildman–Crippen MR) is 129 cm³/mol. The summed E-state index contributed by atoms with van der Waals surface area (Å²) in [5, 5.41) is 3.64. The monoisotopic (exact) mass is 446 g/mol. The molecule has 0 spiro atoms. The first kappa shape index (κ1) is 22.6. The van der Waals surface area contributed by atoms with E-state index in [9.17, 15) is 9.59 Å². The predicted octanol–water partition coefficient (Wildman–Crippen LogP) is 4.97. The lowest BCUT2D eigenvalue weighted by atomic mass is 9.96. The molecule has 3 amide bonds. The van der Waals surface area contributed by atoms with Crippen molar-refractivity contribution in [2.24, 2.45) is 0 Å². The fraction of sp³-hybridized carbons (Fsp3) is 0.346. The average Bonchev–Trinajstić information content (AvgIpc) is 2.82. The van der Waals surface area contributed by atoms with Crippen LogP contribution in [-0.4, -0.2) is 29.1 Å². The number of nitrogens with zero attached hydrogens (tertiary/aromatic N) is 1. The molecule has 0 bridgehead atoms. The number of aromatic nitrogens is 1. The van der Waals surface area contributed by atoms with E-state index in [1.54, 1.807) is 6.07 Å². The molecule has 2 aromatic carbocycles. The molecule has 1 aromatic heterocycles. The quantitative estimate of drug-likeness (QED) is 0.483. The van der Waals surface area contributed by atoms with E-state index in [1.807, 2.05) is 62.4 Å². The topological polar surface area (TPSA) is 92.4 Å². The maximum Gasteiger partial charge on any atom is 0.333 e. The van der Waals surface area contributed by atoms with Crippen molar-refractivity contribution in [2.45, 2.75) is 58.1 Å². The third-order valence-corrected chi connectivity index (χ3v) is 5.72. The van der Waals surface area contributed by atoms with Crippen molar-refractivity contribution in [3.8, 4) is 17.0 Å². The van der Waals surface area contributed by atoms with E-state index in [1.165, 1.54) is 6.42 Å². The second-order valence-electron chi connectivity index (χ2n) is 8.62. The number of hydrazine groups is 1. The van der Waals surface area contributed by atoms with Crippen molar-refractivity contribution in [1.29, 1.82) is 0 Å². The van der Waals surface area contributed by atoms with Gasteiger partial charge in [0.05, 0.1) is 22.9 Å². The van der Waals surface area contributed by atoms with E-state index in [0.29, 0.717) is 27.9 Å². The third-order valence-electron chi connectivity index (χ3n) is 5.72. The maximum atomic E-state index is 13.1. The highest BCUT2D eigenvalue weighted by atomic mass is 16.5. The van der Waals surface area contributed by atoms with Crippen molar-refractivity contribution >= 4 is 22.8 Å². The molecule has 1 aliphatic rings. The summed E-state index contributed by atoms with van der Waals surface area (Å²) in [7, 11) is 0. The van der Waals surface area contributed by atoms with Gasteiger partial charge in [0.2, 0.25) is 0 Å². The molecule has 4 rings (SSSR count). The molecule has 33 heavy (non-hydrogen) atoms. The van der Waals surface area contributed by atoms with E-state index in [-0.39, 0.29) is 12.1 Å². The number of ether oxygens (including phenoxy) is 1. The van der Waals surface area contributed by atoms with Gasteiger partial charge in [-0.15, -0.1) is 0 Å². The Morgan fingerprint density at radius 3 is 2.48 bits per heavy atom. The van der Waals surface area contributed by atoms with E-state index in [4.69, 9.17) is 9.72 Å². The molecule has 7 nitrogen and oxygen atoms in total. The molecular weight excluding hydrogens is 416 g/mol. The summed E-state index contributed by atoms with van der Waals surface area (Å²) >= 11 is 0. The van der Waals surface area contributed by atoms with Crippen molar-refractivity contribution < 1.29 is 14.3 Å². The van der Waals surface area contributed by atoms with E-state index < -0.39 is 11.9 Å². The number of benzene rings is 2. The molecule has 1 saturated carbocycles. The van der Waals surface area contributed by atoms with Crippen LogP contribution in [0.25, 0.3) is 22.2 Å². The van der Waals surface area contributed by atoms with Crippen molar-refractivity contribution in [3.63, 3.8) is 0 Å². The maximum absolute atomic E-state index is 13.1. The lowest BCUT2D eigenvalue weighted by Crippen LogP contribution is -2.50. The van der Waals surface area contributed by atoms with Crippen LogP contribution in [0.2, 0.25) is 0 Å². The van der Waals surface area contributed by atoms with Crippen LogP contribution in [0.3, 0.4) is 0 Å². The van der Waals surface area contributed by atoms with Gasteiger partial charge in [-0.05, 0) is 51.0 Å². The Labute approximate surface area is 193 Å². The molecule has 0 atom stereocenters. The lowest BCUT2D eigenvalue weighted by molar-refractivity contribution is 0.0937. The molecule has 1 heterocycles. The summed E-state index contributed by atoms with van der Waals surface area (Å²) < 4.78 is 5.96. The SMILES string of the molecule is CC(C)Oc1ccccc1-c1cc(C(=O)NNC(=O)NC2CCCCC2)c2ccccc2n1. The van der Waals surface area contributed by atoms with E-state index in [2.05, 4.69) is 16.2 Å². The molecule has 3 aromatic rings. The highest BCUT2D eigenvalue weighted by Gasteiger charge is 2.18. The number of hydrogen-bond donors (Lipinski definition) is 3. The zero-order valence-corrected chi connectivity index (χ0v) is 19.1. The molecule has 0 unspecified atom stereocenters. The summed E-state index contributed by atoms with van der Waals surface area (Å²) in [6.07, 6.45) is 5.38. The van der Waals surface area contributed by atoms with Crippen LogP contribution in [0.1, 0.15) is 56.3 Å². The Morgan fingerprint density at radius 1 is 0.970 bits per heavy atom. The van der Waals surface area contributed by atoms with Gasteiger partial charge in [-0.25, -0.2) is 15.2 Å². The van der Waals surface area contributed by atoms with Gasteiger partial charge in [-0.3, -0.25) is 10.2 Å². The smallest absolute Gasteiger partial charge is 0.333 e. The minimum atomic E-state index is -0.407. The van der Waals surface area contributed by atoms with Gasteiger partial charge >= 0.3 is 6.03 Å². The van der Waals surface area contributed by atoms with Crippen molar-refractivity contribution in [3.05, 3.63) is 60.2 Å². The van der Waals surface area contributed by atoms with Crippen LogP contribution in [0, 0.1) is 0 Å². The summed E-state index contributed by atoms with van der Waals surface area (Å²) in [5.74, 6) is 0.294. The molecule has 0 radical (unpaired) electrons. The standard InChI is InChI=1S/C26H30N4O3/c1-17(2)33-24-15-9-7-13-20(24)23-16-21(19-12-6-8-14-22(19)28-23)25(31)29-30-26(32)27-18-10-4-3-5-11-18/h6-9,12-18H,3-5,10-11H2,1-2H3,(H,29,31)(H2,27,30,32). The molecule has 1 fully saturated rings. The first-order valence-electron chi connectivity index (χ1n) is 11.5. The molecule has 7 heteroatoms. The van der Waals surface area contributed by atoms with Gasteiger partial charge in [0, 0.05) is 17.0 Å². The van der Waals surface area contributed by atoms with Crippen LogP contribution in [-0.2, 0) is 0 Å². The lowest BCUT2D eigenvalue weighted by Gasteiger charge is -2.23. The van der Waals surface area contributed by atoms with Crippen molar-refractivity contribution in [2.75, 3.05) is 0 Å². The molecule has 0 aliphatic heterocycles. The largest absolute Gasteiger partial charge is 0.490 e. The van der Waals surface area contributed by atoms with Gasteiger partial charge in [0.15, 0.2) is 0 Å². The molecule has 1 aliphatic carbocycles. The number of carbonyl (C=O) groups excluding carboxylic acids is 2. The Balaban J connectivity index is 1.58. The van der Waals surface area contributed by atoms with Gasteiger partial charge in [0.25, 0.3) is 5.91 Å². The highest BCUT2D eigenvalue weighted by Crippen LogP contribution is 2.32. The first-order chi connectivity index (χ1) is 16.0. The average molecular weight is 447 g/mol. The molecule has 172 valence electrons. The number of para-hydroxylation sites is 2. The fourth-order valence-corrected chi connectivity index (χ4v) is 4.19. The Kier molecular flexibility index (Phi) is 7.07. The summed E-state index contributed by atoms with van der Waals surface area (Å²) in [4.78, 5) is 30.1. The second kappa shape index (κ2) is 10.3. The van der Waals surface area contributed by atoms with Crippen LogP contribution < -0.4 is 20.9 Å². The molecular formula is C26H30N4O3. The number of amides is 3. The number of nitrogens with one attached hydrogen (secondary N) is 3. The van der Waals surface area contributed by atoms with E-state index in [0.717, 1.165) is 31.2 Å². The fourth-order valence-electron chi connectivity index (χ4n) is 4.19. The number of hydrogen-bond acceptors (Lipinski definition) is 4. The van der Waals surface area contributed by atoms with Gasteiger partial charge < -0.3 is 10.1 Å². The number of carbonyl (C=O) groups is 2. The number of rotatable bonds is 5. The normalized spacial score (nSPS) is 14.2. The summed E-state index contributed by atoms with van der Waals surface area (Å²) in [6.45, 7) is 3.93. The number of urea groups is 1. The highest BCUT2D eigenvalue weighted by molar-refractivity contribution is 6.07. The van der Waals surface area contributed by atoms with E-state index >= 15 is 0 Å². The van der Waals surface area contributed by atoms with Crippen LogP contribution in [0.15, 0.2) is 54.6 Å². The van der Waals surface area contributed by atoms with Gasteiger partial charge in [-0.2, -0.15) is 0 Å². The number of pyridine rings is 1. The van der Waals surface area contributed by atoms with Gasteiger partial charge in [-0.1, -0.05) is 49.6 Å². The van der Waals surface area contributed by atoms with Crippen molar-refractivity contribution in [1.82, 2.24) is 21.2 Å². The zero-order chi connectivity index (χ0) is 23.2. The van der Waals surface area contributed by atoms with Gasteiger partial charge in [0.1, 0.15) is 5.75 Å². The minimum Gasteiger partial charge on any atom is -0.490 e. The Bertz CT molecular complexity index is 1140. The Hall–Kier alpha value is -3.61. The van der Waals surface area contributed by atoms with Crippen LogP contribution in [0.5, 0.6) is 5.75 Å². The third kappa shape index (κ3) is 5.61. The molecule has 3 N–H and O–H groups in total. The first-order valence-corrected chi connectivity index (χ1v) is 11.5. The Morgan fingerprint density at radius 2 is 1.70 bits per heavy atom. The zero-order valence-electron chi connectivity index (χ0n) is 19.1. The minimum absolute atomic E-state index is 0.00116. The van der Waals surface area contributed by atoms with Crippen LogP contribution in [0.4, 0.5) is 4.79 Å². The summed E-state index contributed by atoms with van der Waals surface area (Å²) in [5.41, 5.74) is 7.58.